The summed E-state index contributed by atoms with van der Waals surface area (Å²) >= 11 is 2.88. The predicted octanol–water partition coefficient (Wildman–Crippen LogP) is 4.39. The molecule has 0 saturated heterocycles. The number of alkyl halides is 2. The van der Waals surface area contributed by atoms with Gasteiger partial charge in [0.25, 0.3) is 0 Å². The van der Waals surface area contributed by atoms with Crippen LogP contribution >= 0.6 is 23.5 Å². The van der Waals surface area contributed by atoms with Crippen LogP contribution in [0.25, 0.3) is 0 Å². The summed E-state index contributed by atoms with van der Waals surface area (Å²) in [4.78, 5) is 17.5. The zero-order valence-corrected chi connectivity index (χ0v) is 13.9. The van der Waals surface area contributed by atoms with E-state index in [4.69, 9.17) is 14.5 Å². The van der Waals surface area contributed by atoms with Gasteiger partial charge in [-0.2, -0.15) is 8.78 Å². The molecular formula is C14H11BrF3O4P. The number of ether oxygens (including phenoxy) is 1. The second-order valence-electron chi connectivity index (χ2n) is 4.64. The first-order chi connectivity index (χ1) is 10.6. The lowest BCUT2D eigenvalue weighted by Crippen LogP contribution is -2.14. The van der Waals surface area contributed by atoms with E-state index >= 15 is 0 Å². The third kappa shape index (κ3) is 4.14. The van der Waals surface area contributed by atoms with Crippen LogP contribution in [-0.4, -0.2) is 9.79 Å². The van der Waals surface area contributed by atoms with Gasteiger partial charge in [0, 0.05) is 10.0 Å². The van der Waals surface area contributed by atoms with Gasteiger partial charge in [0.1, 0.15) is 18.2 Å². The lowest BCUT2D eigenvalue weighted by atomic mass is 10.1. The quantitative estimate of drug-likeness (QED) is 0.717. The van der Waals surface area contributed by atoms with E-state index in [0.29, 0.717) is 11.3 Å². The molecule has 23 heavy (non-hydrogen) atoms. The molecule has 0 aliphatic heterocycles. The maximum atomic E-state index is 13.7. The van der Waals surface area contributed by atoms with E-state index in [1.54, 1.807) is 0 Å². The van der Waals surface area contributed by atoms with Gasteiger partial charge in [0.2, 0.25) is 0 Å². The third-order valence-electron chi connectivity index (χ3n) is 2.94. The predicted molar refractivity (Wildman–Crippen MR) is 80.8 cm³/mol. The van der Waals surface area contributed by atoms with Crippen molar-refractivity contribution in [2.24, 2.45) is 0 Å². The van der Waals surface area contributed by atoms with E-state index in [1.165, 1.54) is 36.4 Å². The van der Waals surface area contributed by atoms with Gasteiger partial charge >= 0.3 is 13.3 Å². The topological polar surface area (TPSA) is 66.8 Å². The molecule has 0 radical (unpaired) electrons. The maximum absolute atomic E-state index is 13.7. The molecule has 0 spiro atoms. The summed E-state index contributed by atoms with van der Waals surface area (Å²) in [6, 6.07) is 8.74. The minimum Gasteiger partial charge on any atom is -0.489 e. The lowest BCUT2D eigenvalue weighted by Gasteiger charge is -2.19. The van der Waals surface area contributed by atoms with Crippen molar-refractivity contribution in [3.05, 3.63) is 63.9 Å². The van der Waals surface area contributed by atoms with Crippen molar-refractivity contribution in [2.75, 3.05) is 0 Å². The van der Waals surface area contributed by atoms with Crippen LogP contribution in [0.15, 0.2) is 46.9 Å². The summed E-state index contributed by atoms with van der Waals surface area (Å²) < 4.78 is 56.2. The molecule has 0 atom stereocenters. The Labute approximate surface area is 138 Å². The number of hydrogen-bond donors (Lipinski definition) is 2. The molecule has 124 valence electrons. The Bertz CT molecular complexity index is 746. The Kier molecular flexibility index (Phi) is 5.20. The molecule has 0 heterocycles. The number of rotatable bonds is 5. The number of benzene rings is 2. The van der Waals surface area contributed by atoms with Gasteiger partial charge in [-0.25, -0.2) is 4.39 Å². The summed E-state index contributed by atoms with van der Waals surface area (Å²) in [7, 11) is -5.63. The van der Waals surface area contributed by atoms with Crippen LogP contribution in [-0.2, 0) is 16.8 Å². The summed E-state index contributed by atoms with van der Waals surface area (Å²) in [5.74, 6) is -0.0174. The standard InChI is InChI=1S/C14H11BrF3O4P/c15-13-7-9(8-22-11-4-2-10(16)3-5-11)1-6-12(13)14(17,18)23(19,20)21/h1-7H,8H2,(H2,19,20,21). The molecule has 4 nitrogen and oxygen atoms in total. The van der Waals surface area contributed by atoms with Gasteiger partial charge in [0.05, 0.1) is 0 Å². The Balaban J connectivity index is 2.16. The second-order valence-corrected chi connectivity index (χ2v) is 7.15. The Hall–Kier alpha value is -1.34. The third-order valence-corrected chi connectivity index (χ3v) is 4.57. The van der Waals surface area contributed by atoms with E-state index in [0.717, 1.165) is 6.07 Å². The largest absolute Gasteiger partial charge is 0.489 e. The molecule has 0 aliphatic carbocycles. The van der Waals surface area contributed by atoms with Crippen molar-refractivity contribution in [1.82, 2.24) is 0 Å². The maximum Gasteiger partial charge on any atom is 0.399 e. The Morgan fingerprint density at radius 1 is 1.13 bits per heavy atom. The minimum atomic E-state index is -5.63. The van der Waals surface area contributed by atoms with Gasteiger partial charge < -0.3 is 14.5 Å². The Morgan fingerprint density at radius 3 is 2.26 bits per heavy atom. The number of halogens is 4. The SMILES string of the molecule is O=P(O)(O)C(F)(F)c1ccc(COc2ccc(F)cc2)cc1Br. The molecular weight excluding hydrogens is 400 g/mol. The molecule has 9 heteroatoms. The van der Waals surface area contributed by atoms with Crippen LogP contribution in [0.5, 0.6) is 5.75 Å². The molecule has 0 fully saturated rings. The van der Waals surface area contributed by atoms with Crippen molar-refractivity contribution in [1.29, 1.82) is 0 Å². The Morgan fingerprint density at radius 2 is 1.74 bits per heavy atom. The molecule has 2 aromatic rings. The van der Waals surface area contributed by atoms with Gasteiger partial charge in [-0.3, -0.25) is 4.57 Å². The molecule has 0 aromatic heterocycles. The number of hydrogen-bond acceptors (Lipinski definition) is 2. The fraction of sp³-hybridized carbons (Fsp3) is 0.143. The van der Waals surface area contributed by atoms with Crippen LogP contribution in [0.4, 0.5) is 13.2 Å². The molecule has 0 bridgehead atoms. The van der Waals surface area contributed by atoms with Gasteiger partial charge in [-0.1, -0.05) is 28.1 Å². The normalized spacial score (nSPS) is 12.3. The highest BCUT2D eigenvalue weighted by atomic mass is 79.9. The molecule has 0 unspecified atom stereocenters. The van der Waals surface area contributed by atoms with Crippen molar-refractivity contribution in [3.8, 4) is 5.75 Å². The van der Waals surface area contributed by atoms with Crippen LogP contribution in [0, 0.1) is 5.82 Å². The summed E-state index contributed by atoms with van der Waals surface area (Å²) in [5.41, 5.74) is -4.61. The highest BCUT2D eigenvalue weighted by molar-refractivity contribution is 9.10. The average Bonchev–Trinajstić information content (AvgIpc) is 2.45. The zero-order valence-electron chi connectivity index (χ0n) is 11.4. The zero-order chi connectivity index (χ0) is 17.3. The van der Waals surface area contributed by atoms with E-state index in [-0.39, 0.29) is 11.1 Å². The van der Waals surface area contributed by atoms with Crippen LogP contribution in [0.3, 0.4) is 0 Å². The van der Waals surface area contributed by atoms with Gasteiger partial charge in [-0.15, -0.1) is 0 Å². The highest BCUT2D eigenvalue weighted by Gasteiger charge is 2.51. The first-order valence-corrected chi connectivity index (χ1v) is 8.62. The fourth-order valence-electron chi connectivity index (χ4n) is 1.75. The monoisotopic (exact) mass is 410 g/mol. The molecule has 2 rings (SSSR count). The first kappa shape index (κ1) is 18.0. The van der Waals surface area contributed by atoms with Crippen molar-refractivity contribution >= 4 is 23.5 Å². The van der Waals surface area contributed by atoms with Crippen LogP contribution in [0.2, 0.25) is 0 Å². The van der Waals surface area contributed by atoms with E-state index in [1.807, 2.05) is 0 Å². The van der Waals surface area contributed by atoms with Crippen LogP contribution in [0.1, 0.15) is 11.1 Å². The smallest absolute Gasteiger partial charge is 0.399 e. The molecule has 0 aliphatic rings. The minimum absolute atomic E-state index is 0.0198. The molecule has 0 saturated carbocycles. The summed E-state index contributed by atoms with van der Waals surface area (Å²) in [5, 5.41) is 0. The van der Waals surface area contributed by atoms with E-state index in [2.05, 4.69) is 15.9 Å². The lowest BCUT2D eigenvalue weighted by molar-refractivity contribution is 0.0557. The van der Waals surface area contributed by atoms with Crippen molar-refractivity contribution in [3.63, 3.8) is 0 Å². The highest BCUT2D eigenvalue weighted by Crippen LogP contribution is 2.60. The summed E-state index contributed by atoms with van der Waals surface area (Å²) in [6.07, 6.45) is 0. The van der Waals surface area contributed by atoms with Crippen LogP contribution < -0.4 is 4.74 Å². The fourth-order valence-corrected chi connectivity index (χ4v) is 3.08. The van der Waals surface area contributed by atoms with E-state index in [9.17, 15) is 17.7 Å². The summed E-state index contributed by atoms with van der Waals surface area (Å²) in [6.45, 7) is 0.0198. The van der Waals surface area contributed by atoms with Crippen molar-refractivity contribution in [2.45, 2.75) is 12.3 Å². The molecule has 2 N–H and O–H groups in total. The molecule has 0 amide bonds. The van der Waals surface area contributed by atoms with E-state index < -0.39 is 24.6 Å². The first-order valence-electron chi connectivity index (χ1n) is 6.22. The average molecular weight is 411 g/mol. The molecule has 2 aromatic carbocycles. The van der Waals surface area contributed by atoms with Gasteiger partial charge in [-0.05, 0) is 35.9 Å². The van der Waals surface area contributed by atoms with Gasteiger partial charge in [0.15, 0.2) is 0 Å². The second kappa shape index (κ2) is 6.65. The van der Waals surface area contributed by atoms with Crippen molar-refractivity contribution < 1.29 is 32.3 Å².